The van der Waals surface area contributed by atoms with Crippen LogP contribution in [-0.4, -0.2) is 32.8 Å². The van der Waals surface area contributed by atoms with E-state index < -0.39 is 0 Å². The van der Waals surface area contributed by atoms with E-state index in [9.17, 15) is 9.59 Å². The van der Waals surface area contributed by atoms with Crippen LogP contribution in [0.3, 0.4) is 0 Å². The van der Waals surface area contributed by atoms with Crippen molar-refractivity contribution >= 4 is 22.6 Å². The number of ether oxygens (including phenoxy) is 1. The van der Waals surface area contributed by atoms with Gasteiger partial charge in [-0.15, -0.1) is 5.10 Å². The Labute approximate surface area is 178 Å². The molecule has 0 spiro atoms. The van der Waals surface area contributed by atoms with Gasteiger partial charge in [0.15, 0.2) is 0 Å². The number of rotatable bonds is 6. The van der Waals surface area contributed by atoms with Gasteiger partial charge in [-0.3, -0.25) is 20.0 Å². The molecule has 0 atom stereocenters. The van der Waals surface area contributed by atoms with Crippen molar-refractivity contribution in [1.29, 1.82) is 0 Å². The highest BCUT2D eigenvalue weighted by atomic mass is 16.5. The molecule has 1 amide bonds. The number of hydrogen-bond donors (Lipinski definition) is 2. The van der Waals surface area contributed by atoms with Crippen molar-refractivity contribution in [3.63, 3.8) is 0 Å². The molecule has 4 rings (SSSR count). The molecule has 0 bridgehead atoms. The molecule has 0 aliphatic carbocycles. The number of carbonyl (C=O) groups excluding carboxylic acids is 1. The lowest BCUT2D eigenvalue weighted by molar-refractivity contribution is 0.102. The summed E-state index contributed by atoms with van der Waals surface area (Å²) in [5, 5.41) is 10.6. The van der Waals surface area contributed by atoms with Crippen LogP contribution < -0.4 is 15.6 Å². The second-order valence-electron chi connectivity index (χ2n) is 7.49. The van der Waals surface area contributed by atoms with Crippen molar-refractivity contribution in [3.05, 3.63) is 82.0 Å². The van der Waals surface area contributed by atoms with Crippen LogP contribution in [0.4, 0.5) is 5.95 Å². The molecule has 0 aliphatic rings. The molecule has 2 aromatic heterocycles. The highest BCUT2D eigenvalue weighted by Crippen LogP contribution is 2.21. The minimum absolute atomic E-state index is 0.154. The Balaban J connectivity index is 1.76. The van der Waals surface area contributed by atoms with Crippen LogP contribution in [0.1, 0.15) is 41.5 Å². The highest BCUT2D eigenvalue weighted by Gasteiger charge is 2.17. The van der Waals surface area contributed by atoms with Crippen LogP contribution in [0, 0.1) is 0 Å². The second kappa shape index (κ2) is 8.43. The summed E-state index contributed by atoms with van der Waals surface area (Å²) < 4.78 is 6.93. The van der Waals surface area contributed by atoms with Gasteiger partial charge in [-0.1, -0.05) is 50.2 Å². The molecule has 2 heterocycles. The summed E-state index contributed by atoms with van der Waals surface area (Å²) in [6, 6.07) is 14.5. The van der Waals surface area contributed by atoms with Gasteiger partial charge in [-0.05, 0) is 12.1 Å². The number of H-pyrrole nitrogens is 1. The molecule has 0 aliphatic heterocycles. The summed E-state index contributed by atoms with van der Waals surface area (Å²) in [5.74, 6) is 1.32. The first-order valence-corrected chi connectivity index (χ1v) is 9.95. The van der Waals surface area contributed by atoms with E-state index in [1.807, 2.05) is 38.1 Å². The second-order valence-corrected chi connectivity index (χ2v) is 7.49. The summed E-state index contributed by atoms with van der Waals surface area (Å²) in [6.07, 6.45) is 1.57. The maximum absolute atomic E-state index is 13.1. The Morgan fingerprint density at radius 1 is 1.13 bits per heavy atom. The van der Waals surface area contributed by atoms with Crippen LogP contribution in [0.25, 0.3) is 10.8 Å². The molecule has 8 nitrogen and oxygen atoms in total. The van der Waals surface area contributed by atoms with Crippen molar-refractivity contribution in [2.75, 3.05) is 12.4 Å². The first kappa shape index (κ1) is 20.3. The first-order chi connectivity index (χ1) is 15.0. The minimum atomic E-state index is -0.390. The third-order valence-corrected chi connectivity index (χ3v) is 5.05. The molecule has 0 unspecified atom stereocenters. The molecule has 0 saturated heterocycles. The molecule has 4 aromatic rings. The quantitative estimate of drug-likeness (QED) is 0.500. The summed E-state index contributed by atoms with van der Waals surface area (Å²) in [6.45, 7) is 4.23. The smallest absolute Gasteiger partial charge is 0.260 e. The number of nitrogens with one attached hydrogen (secondary N) is 2. The number of aromatic nitrogens is 4. The molecule has 31 heavy (non-hydrogen) atoms. The molecular formula is C23H23N5O3. The van der Waals surface area contributed by atoms with Gasteiger partial charge in [-0.2, -0.15) is 4.98 Å². The van der Waals surface area contributed by atoms with Gasteiger partial charge >= 0.3 is 0 Å². The number of anilines is 1. The maximum Gasteiger partial charge on any atom is 0.260 e. The Morgan fingerprint density at radius 3 is 2.55 bits per heavy atom. The van der Waals surface area contributed by atoms with Crippen LogP contribution in [0.5, 0.6) is 5.75 Å². The predicted molar refractivity (Wildman–Crippen MR) is 119 cm³/mol. The highest BCUT2D eigenvalue weighted by molar-refractivity contribution is 6.12. The predicted octanol–water partition coefficient (Wildman–Crippen LogP) is 3.55. The lowest BCUT2D eigenvalue weighted by Gasteiger charge is -2.13. The fourth-order valence-electron chi connectivity index (χ4n) is 3.42. The molecule has 2 N–H and O–H groups in total. The van der Waals surface area contributed by atoms with Crippen molar-refractivity contribution in [3.8, 4) is 5.75 Å². The van der Waals surface area contributed by atoms with E-state index in [1.165, 1.54) is 4.57 Å². The maximum atomic E-state index is 13.1. The molecule has 2 aromatic carbocycles. The fraction of sp³-hybridized carbons (Fsp3) is 0.217. The Hall–Kier alpha value is -3.94. The van der Waals surface area contributed by atoms with Gasteiger partial charge in [0.1, 0.15) is 11.6 Å². The average molecular weight is 417 g/mol. The number of pyridine rings is 1. The number of para-hydroxylation sites is 1. The SMILES string of the molecule is COc1ccccc1Cn1cc(C(=O)Nc2n[nH]c(C(C)C)n2)c2ccccc2c1=O. The summed E-state index contributed by atoms with van der Waals surface area (Å²) in [4.78, 5) is 30.5. The number of carbonyl (C=O) groups is 1. The minimum Gasteiger partial charge on any atom is -0.496 e. The number of aromatic amines is 1. The van der Waals surface area contributed by atoms with E-state index in [0.29, 0.717) is 27.9 Å². The number of hydrogen-bond acceptors (Lipinski definition) is 5. The standard InChI is InChI=1S/C23H23N5O3/c1-14(2)20-24-23(27-26-20)25-21(29)18-13-28(12-15-8-4-7-11-19(15)31-3)22(30)17-10-6-5-9-16(17)18/h4-11,13-14H,12H2,1-3H3,(H2,24,25,26,27,29). The summed E-state index contributed by atoms with van der Waals surface area (Å²) >= 11 is 0. The van der Waals surface area contributed by atoms with Crippen LogP contribution in [0.2, 0.25) is 0 Å². The number of nitrogens with zero attached hydrogens (tertiary/aromatic N) is 3. The number of benzene rings is 2. The number of methoxy groups -OCH3 is 1. The van der Waals surface area contributed by atoms with Crippen molar-refractivity contribution < 1.29 is 9.53 Å². The normalized spacial score (nSPS) is 11.1. The third-order valence-electron chi connectivity index (χ3n) is 5.05. The lowest BCUT2D eigenvalue weighted by atomic mass is 10.1. The van der Waals surface area contributed by atoms with E-state index in [4.69, 9.17) is 4.74 Å². The van der Waals surface area contributed by atoms with E-state index in [2.05, 4.69) is 20.5 Å². The topological polar surface area (TPSA) is 102 Å². The molecule has 158 valence electrons. The Morgan fingerprint density at radius 2 is 1.84 bits per heavy atom. The number of fused-ring (bicyclic) bond motifs is 1. The van der Waals surface area contributed by atoms with Crippen molar-refractivity contribution in [2.24, 2.45) is 0 Å². The molecular weight excluding hydrogens is 394 g/mol. The van der Waals surface area contributed by atoms with Gasteiger partial charge in [0.2, 0.25) is 5.95 Å². The van der Waals surface area contributed by atoms with E-state index >= 15 is 0 Å². The van der Waals surface area contributed by atoms with Crippen LogP contribution >= 0.6 is 0 Å². The zero-order valence-corrected chi connectivity index (χ0v) is 17.5. The van der Waals surface area contributed by atoms with Gasteiger partial charge in [-0.25, -0.2) is 0 Å². The average Bonchev–Trinajstić information content (AvgIpc) is 3.25. The first-order valence-electron chi connectivity index (χ1n) is 9.95. The molecule has 0 radical (unpaired) electrons. The van der Waals surface area contributed by atoms with Gasteiger partial charge in [0, 0.05) is 28.5 Å². The molecule has 0 fully saturated rings. The van der Waals surface area contributed by atoms with E-state index in [0.717, 1.165) is 5.56 Å². The number of amides is 1. The van der Waals surface area contributed by atoms with Crippen LogP contribution in [0.15, 0.2) is 59.5 Å². The summed E-state index contributed by atoms with van der Waals surface area (Å²) in [5.41, 5.74) is 1.02. The Bertz CT molecular complexity index is 1310. The van der Waals surface area contributed by atoms with E-state index in [1.54, 1.807) is 37.6 Å². The third kappa shape index (κ3) is 4.05. The van der Waals surface area contributed by atoms with Crippen LogP contribution in [-0.2, 0) is 6.54 Å². The Kier molecular flexibility index (Phi) is 5.53. The van der Waals surface area contributed by atoms with Crippen molar-refractivity contribution in [1.82, 2.24) is 19.7 Å². The van der Waals surface area contributed by atoms with Gasteiger partial charge in [0.05, 0.1) is 19.2 Å². The molecule has 8 heteroatoms. The van der Waals surface area contributed by atoms with E-state index in [-0.39, 0.29) is 29.9 Å². The zero-order valence-electron chi connectivity index (χ0n) is 17.5. The largest absolute Gasteiger partial charge is 0.496 e. The zero-order chi connectivity index (χ0) is 22.0. The lowest BCUT2D eigenvalue weighted by Crippen LogP contribution is -2.24. The monoisotopic (exact) mass is 417 g/mol. The van der Waals surface area contributed by atoms with Crippen molar-refractivity contribution in [2.45, 2.75) is 26.3 Å². The van der Waals surface area contributed by atoms with Gasteiger partial charge < -0.3 is 9.30 Å². The fourth-order valence-corrected chi connectivity index (χ4v) is 3.42. The molecule has 0 saturated carbocycles. The summed E-state index contributed by atoms with van der Waals surface area (Å²) in [7, 11) is 1.59. The van der Waals surface area contributed by atoms with Gasteiger partial charge in [0.25, 0.3) is 11.5 Å².